The van der Waals surface area contributed by atoms with Gasteiger partial charge >= 0.3 is 5.97 Å². The van der Waals surface area contributed by atoms with Crippen LogP contribution in [0.25, 0.3) is 0 Å². The second-order valence-corrected chi connectivity index (χ2v) is 7.49. The van der Waals surface area contributed by atoms with Crippen LogP contribution in [0.5, 0.6) is 0 Å². The van der Waals surface area contributed by atoms with Crippen LogP contribution in [0, 0.1) is 11.8 Å². The van der Waals surface area contributed by atoms with Gasteiger partial charge in [-0.25, -0.2) is 0 Å². The summed E-state index contributed by atoms with van der Waals surface area (Å²) in [6.07, 6.45) is 0. The Balaban J connectivity index is 1.65. The molecule has 1 fully saturated rings. The van der Waals surface area contributed by atoms with Crippen molar-refractivity contribution in [1.29, 1.82) is 0 Å². The highest BCUT2D eigenvalue weighted by molar-refractivity contribution is 5.95. The van der Waals surface area contributed by atoms with Crippen molar-refractivity contribution in [1.82, 2.24) is 9.80 Å². The van der Waals surface area contributed by atoms with Crippen LogP contribution < -0.4 is 0 Å². The summed E-state index contributed by atoms with van der Waals surface area (Å²) < 4.78 is 0. The predicted molar refractivity (Wildman–Crippen MR) is 104 cm³/mol. The molecule has 0 saturated carbocycles. The van der Waals surface area contributed by atoms with E-state index >= 15 is 0 Å². The largest absolute Gasteiger partial charge is 0.481 e. The van der Waals surface area contributed by atoms with Crippen molar-refractivity contribution in [3.8, 4) is 0 Å². The lowest BCUT2D eigenvalue weighted by molar-refractivity contribution is -0.142. The van der Waals surface area contributed by atoms with Gasteiger partial charge in [0.25, 0.3) is 5.91 Å². The SMILES string of the molecule is C[C@@H]1CN(C(=O)c2cccc(CN(C)Cc3ccccc3)c2)C[C@H]1C(=O)O. The molecule has 0 aromatic heterocycles. The summed E-state index contributed by atoms with van der Waals surface area (Å²) in [6.45, 7) is 4.25. The number of aliphatic carboxylic acids is 1. The van der Waals surface area contributed by atoms with Crippen LogP contribution in [-0.4, -0.2) is 46.9 Å². The third-order valence-electron chi connectivity index (χ3n) is 5.14. The molecule has 2 aromatic rings. The average Bonchev–Trinajstić information content (AvgIpc) is 3.04. The number of benzene rings is 2. The predicted octanol–water partition coefficient (Wildman–Crippen LogP) is 3.11. The van der Waals surface area contributed by atoms with Gasteiger partial charge in [0.15, 0.2) is 0 Å². The smallest absolute Gasteiger partial charge is 0.308 e. The van der Waals surface area contributed by atoms with Crippen LogP contribution in [0.4, 0.5) is 0 Å². The highest BCUT2D eigenvalue weighted by Gasteiger charge is 2.37. The van der Waals surface area contributed by atoms with Crippen LogP contribution in [0.1, 0.15) is 28.4 Å². The average molecular weight is 366 g/mol. The van der Waals surface area contributed by atoms with Crippen LogP contribution in [0.15, 0.2) is 54.6 Å². The quantitative estimate of drug-likeness (QED) is 0.853. The molecule has 0 spiro atoms. The Morgan fingerprint density at radius 3 is 2.37 bits per heavy atom. The van der Waals surface area contributed by atoms with E-state index < -0.39 is 11.9 Å². The Labute approximate surface area is 160 Å². The summed E-state index contributed by atoms with van der Waals surface area (Å²) in [4.78, 5) is 28.0. The first-order valence-electron chi connectivity index (χ1n) is 9.27. The molecule has 5 heteroatoms. The van der Waals surface area contributed by atoms with E-state index in [1.807, 2.05) is 49.4 Å². The van der Waals surface area contributed by atoms with Gasteiger partial charge in [-0.2, -0.15) is 0 Å². The summed E-state index contributed by atoms with van der Waals surface area (Å²) in [5.41, 5.74) is 2.94. The van der Waals surface area contributed by atoms with Gasteiger partial charge in [-0.3, -0.25) is 14.5 Å². The Kier molecular flexibility index (Phi) is 5.91. The van der Waals surface area contributed by atoms with Crippen molar-refractivity contribution in [3.05, 3.63) is 71.3 Å². The number of carbonyl (C=O) groups is 2. The molecular weight excluding hydrogens is 340 g/mol. The highest BCUT2D eigenvalue weighted by Crippen LogP contribution is 2.25. The Morgan fingerprint density at radius 1 is 1.04 bits per heavy atom. The van der Waals surface area contributed by atoms with Crippen molar-refractivity contribution in [2.75, 3.05) is 20.1 Å². The minimum absolute atomic E-state index is 0.0216. The minimum Gasteiger partial charge on any atom is -0.481 e. The molecule has 1 amide bonds. The first-order chi connectivity index (χ1) is 12.9. The number of amides is 1. The number of hydrogen-bond acceptors (Lipinski definition) is 3. The molecule has 27 heavy (non-hydrogen) atoms. The maximum Gasteiger partial charge on any atom is 0.308 e. The number of hydrogen-bond donors (Lipinski definition) is 1. The molecule has 3 rings (SSSR count). The van der Waals surface area contributed by atoms with E-state index in [0.717, 1.165) is 18.7 Å². The van der Waals surface area contributed by atoms with Crippen molar-refractivity contribution < 1.29 is 14.7 Å². The van der Waals surface area contributed by atoms with E-state index in [1.54, 1.807) is 4.90 Å². The zero-order valence-corrected chi connectivity index (χ0v) is 15.8. The van der Waals surface area contributed by atoms with E-state index in [2.05, 4.69) is 24.1 Å². The molecule has 142 valence electrons. The van der Waals surface area contributed by atoms with Crippen molar-refractivity contribution in [3.63, 3.8) is 0 Å². The number of rotatable bonds is 6. The molecule has 0 bridgehead atoms. The summed E-state index contributed by atoms with van der Waals surface area (Å²) in [6, 6.07) is 17.9. The van der Waals surface area contributed by atoms with Gasteiger partial charge in [0, 0.05) is 31.7 Å². The zero-order valence-electron chi connectivity index (χ0n) is 15.8. The summed E-state index contributed by atoms with van der Waals surface area (Å²) in [7, 11) is 2.06. The Morgan fingerprint density at radius 2 is 1.70 bits per heavy atom. The highest BCUT2D eigenvalue weighted by atomic mass is 16.4. The zero-order chi connectivity index (χ0) is 19.4. The fraction of sp³-hybridized carbons (Fsp3) is 0.364. The van der Waals surface area contributed by atoms with Crippen molar-refractivity contribution in [2.45, 2.75) is 20.0 Å². The van der Waals surface area contributed by atoms with E-state index in [-0.39, 0.29) is 18.4 Å². The van der Waals surface area contributed by atoms with Gasteiger partial charge in [-0.05, 0) is 36.2 Å². The summed E-state index contributed by atoms with van der Waals surface area (Å²) in [5.74, 6) is -1.41. The fourth-order valence-corrected chi connectivity index (χ4v) is 3.70. The molecule has 5 nitrogen and oxygen atoms in total. The molecule has 2 atom stereocenters. The van der Waals surface area contributed by atoms with Gasteiger partial charge in [0.2, 0.25) is 0 Å². The first-order valence-corrected chi connectivity index (χ1v) is 9.27. The molecule has 1 aliphatic rings. The molecule has 0 radical (unpaired) electrons. The molecule has 2 aromatic carbocycles. The number of carbonyl (C=O) groups excluding carboxylic acids is 1. The van der Waals surface area contributed by atoms with Gasteiger partial charge in [-0.1, -0.05) is 49.4 Å². The Hall–Kier alpha value is -2.66. The first kappa shape index (κ1) is 19.1. The molecular formula is C22H26N2O3. The lowest BCUT2D eigenvalue weighted by Crippen LogP contribution is -2.30. The maximum absolute atomic E-state index is 12.8. The standard InChI is InChI=1S/C22H26N2O3/c1-16-12-24(15-20(16)22(26)27)21(25)19-10-6-9-18(11-19)14-23(2)13-17-7-4-3-5-8-17/h3-11,16,20H,12-15H2,1-2H3,(H,26,27)/t16-,20-/m1/s1. The van der Waals surface area contributed by atoms with Crippen LogP contribution in [0.3, 0.4) is 0 Å². The second kappa shape index (κ2) is 8.35. The normalized spacial score (nSPS) is 19.4. The molecule has 0 unspecified atom stereocenters. The molecule has 1 N–H and O–H groups in total. The van der Waals surface area contributed by atoms with E-state index in [1.165, 1.54) is 5.56 Å². The number of likely N-dealkylation sites (tertiary alicyclic amines) is 1. The Bertz CT molecular complexity index is 806. The third-order valence-corrected chi connectivity index (χ3v) is 5.14. The lowest BCUT2D eigenvalue weighted by atomic mass is 9.99. The summed E-state index contributed by atoms with van der Waals surface area (Å²) in [5, 5.41) is 9.27. The second-order valence-electron chi connectivity index (χ2n) is 7.49. The summed E-state index contributed by atoms with van der Waals surface area (Å²) >= 11 is 0. The number of carboxylic acids is 1. The van der Waals surface area contributed by atoms with Gasteiger partial charge < -0.3 is 10.0 Å². The number of nitrogens with zero attached hydrogens (tertiary/aromatic N) is 2. The lowest BCUT2D eigenvalue weighted by Gasteiger charge is -2.19. The van der Waals surface area contributed by atoms with E-state index in [0.29, 0.717) is 12.1 Å². The molecule has 1 heterocycles. The van der Waals surface area contributed by atoms with Crippen molar-refractivity contribution in [2.24, 2.45) is 11.8 Å². The maximum atomic E-state index is 12.8. The minimum atomic E-state index is -0.825. The van der Waals surface area contributed by atoms with Gasteiger partial charge in [0.1, 0.15) is 0 Å². The molecule has 1 saturated heterocycles. The van der Waals surface area contributed by atoms with Crippen LogP contribution in [0.2, 0.25) is 0 Å². The fourth-order valence-electron chi connectivity index (χ4n) is 3.70. The van der Waals surface area contributed by atoms with Gasteiger partial charge in [0.05, 0.1) is 5.92 Å². The van der Waals surface area contributed by atoms with Crippen molar-refractivity contribution >= 4 is 11.9 Å². The number of carboxylic acid groups (broad SMARTS) is 1. The monoisotopic (exact) mass is 366 g/mol. The molecule has 0 aliphatic carbocycles. The molecule has 1 aliphatic heterocycles. The van der Waals surface area contributed by atoms with Gasteiger partial charge in [-0.15, -0.1) is 0 Å². The van der Waals surface area contributed by atoms with Crippen LogP contribution in [-0.2, 0) is 17.9 Å². The third kappa shape index (κ3) is 4.74. The topological polar surface area (TPSA) is 60.9 Å². The van der Waals surface area contributed by atoms with E-state index in [4.69, 9.17) is 0 Å². The van der Waals surface area contributed by atoms with Crippen LogP contribution >= 0.6 is 0 Å². The van der Waals surface area contributed by atoms with E-state index in [9.17, 15) is 14.7 Å².